The summed E-state index contributed by atoms with van der Waals surface area (Å²) in [4.78, 5) is 25.3. The summed E-state index contributed by atoms with van der Waals surface area (Å²) in [6, 6.07) is 11.4. The molecule has 1 aliphatic carbocycles. The van der Waals surface area contributed by atoms with Gasteiger partial charge in [0.25, 0.3) is 0 Å². The Labute approximate surface area is 170 Å². The topological polar surface area (TPSA) is 76.7 Å². The van der Waals surface area contributed by atoms with Crippen LogP contribution in [0.2, 0.25) is 0 Å². The van der Waals surface area contributed by atoms with E-state index in [4.69, 9.17) is 9.47 Å². The molecule has 0 radical (unpaired) electrons. The molecule has 2 aliphatic rings. The van der Waals surface area contributed by atoms with E-state index in [9.17, 15) is 9.59 Å². The maximum absolute atomic E-state index is 12.6. The second kappa shape index (κ2) is 8.15. The number of hydrogen-bond acceptors (Lipinski definition) is 4. The van der Waals surface area contributed by atoms with E-state index in [0.29, 0.717) is 30.0 Å². The number of benzene rings is 2. The van der Waals surface area contributed by atoms with Crippen LogP contribution in [0.15, 0.2) is 36.4 Å². The zero-order chi connectivity index (χ0) is 20.4. The van der Waals surface area contributed by atoms with E-state index in [2.05, 4.69) is 16.7 Å². The highest BCUT2D eigenvalue weighted by atomic mass is 16.7. The number of carbonyl (C=O) groups excluding carboxylic acids is 2. The fourth-order valence-electron chi connectivity index (χ4n) is 4.13. The van der Waals surface area contributed by atoms with Gasteiger partial charge in [-0.3, -0.25) is 9.59 Å². The summed E-state index contributed by atoms with van der Waals surface area (Å²) >= 11 is 0. The molecule has 0 saturated heterocycles. The molecule has 6 nitrogen and oxygen atoms in total. The molecule has 152 valence electrons. The van der Waals surface area contributed by atoms with Gasteiger partial charge in [-0.1, -0.05) is 6.07 Å². The Hall–Kier alpha value is -3.02. The first-order valence-corrected chi connectivity index (χ1v) is 10.1. The van der Waals surface area contributed by atoms with Crippen molar-refractivity contribution in [2.24, 2.45) is 11.8 Å². The van der Waals surface area contributed by atoms with Crippen LogP contribution in [0, 0.1) is 25.7 Å². The van der Waals surface area contributed by atoms with Crippen LogP contribution >= 0.6 is 0 Å². The molecule has 0 aromatic heterocycles. The van der Waals surface area contributed by atoms with Gasteiger partial charge in [0.1, 0.15) is 0 Å². The quantitative estimate of drug-likeness (QED) is 0.805. The first kappa shape index (κ1) is 19.3. The lowest BCUT2D eigenvalue weighted by atomic mass is 9.81. The zero-order valence-corrected chi connectivity index (χ0v) is 16.8. The summed E-state index contributed by atoms with van der Waals surface area (Å²) in [7, 11) is 0. The van der Waals surface area contributed by atoms with Gasteiger partial charge in [-0.05, 0) is 74.9 Å². The van der Waals surface area contributed by atoms with E-state index in [0.717, 1.165) is 29.7 Å². The average Bonchev–Trinajstić information content (AvgIpc) is 3.15. The first-order chi connectivity index (χ1) is 14.0. The van der Waals surface area contributed by atoms with E-state index in [1.807, 2.05) is 32.0 Å². The Kier molecular flexibility index (Phi) is 5.43. The summed E-state index contributed by atoms with van der Waals surface area (Å²) in [5, 5.41) is 6.00. The van der Waals surface area contributed by atoms with Crippen molar-refractivity contribution in [3.8, 4) is 11.5 Å². The second-order valence-electron chi connectivity index (χ2n) is 7.97. The zero-order valence-electron chi connectivity index (χ0n) is 16.8. The van der Waals surface area contributed by atoms with Crippen LogP contribution in [-0.4, -0.2) is 18.6 Å². The summed E-state index contributed by atoms with van der Waals surface area (Å²) < 4.78 is 10.6. The highest BCUT2D eigenvalue weighted by Crippen LogP contribution is 2.35. The molecule has 1 saturated carbocycles. The highest BCUT2D eigenvalue weighted by Gasteiger charge is 2.30. The Morgan fingerprint density at radius 2 is 1.31 bits per heavy atom. The Morgan fingerprint density at radius 1 is 0.759 bits per heavy atom. The van der Waals surface area contributed by atoms with Crippen LogP contribution in [0.25, 0.3) is 0 Å². The SMILES string of the molecule is Cc1cc(C)cc(NC(=O)C2CCC(C(=O)Nc3ccc4c(c3)OCO4)CC2)c1. The molecule has 2 N–H and O–H groups in total. The minimum absolute atomic E-state index is 0.00275. The predicted molar refractivity (Wildman–Crippen MR) is 111 cm³/mol. The molecule has 2 aromatic rings. The molecule has 4 rings (SSSR count). The molecule has 6 heteroatoms. The van der Waals surface area contributed by atoms with Crippen molar-refractivity contribution in [3.05, 3.63) is 47.5 Å². The summed E-state index contributed by atoms with van der Waals surface area (Å²) in [5.41, 5.74) is 3.80. The van der Waals surface area contributed by atoms with E-state index in [1.54, 1.807) is 12.1 Å². The van der Waals surface area contributed by atoms with Crippen molar-refractivity contribution in [3.63, 3.8) is 0 Å². The van der Waals surface area contributed by atoms with Gasteiger partial charge in [-0.25, -0.2) is 0 Å². The van der Waals surface area contributed by atoms with Crippen molar-refractivity contribution in [2.45, 2.75) is 39.5 Å². The fourth-order valence-corrected chi connectivity index (χ4v) is 4.13. The standard InChI is InChI=1S/C23H26N2O4/c1-14-9-15(2)11-19(10-14)25-23(27)17-5-3-16(4-6-17)22(26)24-18-7-8-20-21(12-18)29-13-28-20/h7-12,16-17H,3-6,13H2,1-2H3,(H,24,26)(H,25,27). The molecule has 0 atom stereocenters. The van der Waals surface area contributed by atoms with Crippen LogP contribution in [0.4, 0.5) is 11.4 Å². The second-order valence-corrected chi connectivity index (χ2v) is 7.97. The number of amides is 2. The van der Waals surface area contributed by atoms with E-state index >= 15 is 0 Å². The molecule has 0 unspecified atom stereocenters. The van der Waals surface area contributed by atoms with Crippen molar-refractivity contribution < 1.29 is 19.1 Å². The third-order valence-corrected chi connectivity index (χ3v) is 5.60. The Morgan fingerprint density at radius 3 is 1.93 bits per heavy atom. The lowest BCUT2D eigenvalue weighted by molar-refractivity contribution is -0.125. The number of nitrogens with one attached hydrogen (secondary N) is 2. The molecule has 2 amide bonds. The van der Waals surface area contributed by atoms with Crippen molar-refractivity contribution >= 4 is 23.2 Å². The lowest BCUT2D eigenvalue weighted by Gasteiger charge is -2.27. The largest absolute Gasteiger partial charge is 0.454 e. The monoisotopic (exact) mass is 394 g/mol. The summed E-state index contributed by atoms with van der Waals surface area (Å²) in [5.74, 6) is 1.26. The Bertz CT molecular complexity index is 912. The van der Waals surface area contributed by atoms with Crippen molar-refractivity contribution in [1.82, 2.24) is 0 Å². The minimum atomic E-state index is -0.0781. The number of rotatable bonds is 4. The molecule has 2 aromatic carbocycles. The van der Waals surface area contributed by atoms with E-state index < -0.39 is 0 Å². The summed E-state index contributed by atoms with van der Waals surface area (Å²) in [6.07, 6.45) is 2.86. The number of aryl methyl sites for hydroxylation is 2. The molecule has 1 fully saturated rings. The van der Waals surface area contributed by atoms with Crippen LogP contribution in [0.3, 0.4) is 0 Å². The normalized spacial score (nSPS) is 20.2. The summed E-state index contributed by atoms with van der Waals surface area (Å²) in [6.45, 7) is 4.25. The van der Waals surface area contributed by atoms with Gasteiger partial charge in [-0.2, -0.15) is 0 Å². The van der Waals surface area contributed by atoms with Gasteiger partial charge < -0.3 is 20.1 Å². The molecular formula is C23H26N2O4. The third kappa shape index (κ3) is 4.53. The highest BCUT2D eigenvalue weighted by molar-refractivity contribution is 5.94. The van der Waals surface area contributed by atoms with Crippen LogP contribution < -0.4 is 20.1 Å². The predicted octanol–water partition coefficient (Wildman–Crippen LogP) is 4.42. The molecule has 1 heterocycles. The maximum Gasteiger partial charge on any atom is 0.231 e. The van der Waals surface area contributed by atoms with Crippen molar-refractivity contribution in [1.29, 1.82) is 0 Å². The molecule has 1 aliphatic heterocycles. The van der Waals surface area contributed by atoms with E-state index in [-0.39, 0.29) is 30.4 Å². The van der Waals surface area contributed by atoms with Gasteiger partial charge >= 0.3 is 0 Å². The molecule has 0 spiro atoms. The van der Waals surface area contributed by atoms with Gasteiger partial charge in [0, 0.05) is 29.3 Å². The maximum atomic E-state index is 12.6. The van der Waals surface area contributed by atoms with Crippen LogP contribution in [-0.2, 0) is 9.59 Å². The third-order valence-electron chi connectivity index (χ3n) is 5.60. The average molecular weight is 394 g/mol. The number of anilines is 2. The first-order valence-electron chi connectivity index (χ1n) is 10.1. The number of carbonyl (C=O) groups is 2. The Balaban J connectivity index is 1.29. The number of fused-ring (bicyclic) bond motifs is 1. The van der Waals surface area contributed by atoms with Gasteiger partial charge in [0.15, 0.2) is 11.5 Å². The molecule has 0 bridgehead atoms. The van der Waals surface area contributed by atoms with E-state index in [1.165, 1.54) is 0 Å². The number of ether oxygens (including phenoxy) is 2. The lowest BCUT2D eigenvalue weighted by Crippen LogP contribution is -2.32. The smallest absolute Gasteiger partial charge is 0.231 e. The van der Waals surface area contributed by atoms with Gasteiger partial charge in [-0.15, -0.1) is 0 Å². The molecular weight excluding hydrogens is 368 g/mol. The van der Waals surface area contributed by atoms with Crippen LogP contribution in [0.5, 0.6) is 11.5 Å². The number of hydrogen-bond donors (Lipinski definition) is 2. The van der Waals surface area contributed by atoms with Gasteiger partial charge in [0.2, 0.25) is 18.6 Å². The minimum Gasteiger partial charge on any atom is -0.454 e. The van der Waals surface area contributed by atoms with Crippen LogP contribution in [0.1, 0.15) is 36.8 Å². The fraction of sp³-hybridized carbons (Fsp3) is 0.391. The van der Waals surface area contributed by atoms with Crippen molar-refractivity contribution in [2.75, 3.05) is 17.4 Å². The molecule has 29 heavy (non-hydrogen) atoms. The van der Waals surface area contributed by atoms with Gasteiger partial charge in [0.05, 0.1) is 0 Å².